The fourth-order valence-electron chi connectivity index (χ4n) is 2.93. The molecule has 4 nitrogen and oxygen atoms in total. The number of carbonyl (C=O) groups excluding carboxylic acids is 1. The lowest BCUT2D eigenvalue weighted by molar-refractivity contribution is -0.130. The largest absolute Gasteiger partial charge is 0.382 e. The van der Waals surface area contributed by atoms with Gasteiger partial charge in [0.2, 0.25) is 5.91 Å². The Balaban J connectivity index is 0.00000242. The summed E-state index contributed by atoms with van der Waals surface area (Å²) in [5.74, 6) is 0.212. The second kappa shape index (κ2) is 9.82. The number of carbonyl (C=O) groups is 1. The summed E-state index contributed by atoms with van der Waals surface area (Å²) in [6.45, 7) is 0.661. The molecule has 0 bridgehead atoms. The molecule has 0 saturated heterocycles. The van der Waals surface area contributed by atoms with Gasteiger partial charge in [-0.1, -0.05) is 49.6 Å². The first kappa shape index (κ1) is 18.9. The monoisotopic (exact) mass is 326 g/mol. The third kappa shape index (κ3) is 5.95. The van der Waals surface area contributed by atoms with Crippen LogP contribution in [0.3, 0.4) is 0 Å². The smallest absolute Gasteiger partial charge is 0.250 e. The van der Waals surface area contributed by atoms with Gasteiger partial charge in [0.05, 0.1) is 0 Å². The van der Waals surface area contributed by atoms with E-state index in [2.05, 4.69) is 5.32 Å². The fourth-order valence-corrected chi connectivity index (χ4v) is 2.93. The van der Waals surface area contributed by atoms with Gasteiger partial charge in [0.25, 0.3) is 0 Å². The van der Waals surface area contributed by atoms with Crippen molar-refractivity contribution in [1.29, 1.82) is 0 Å². The molecule has 1 saturated carbocycles. The van der Waals surface area contributed by atoms with Crippen molar-refractivity contribution in [3.05, 3.63) is 35.9 Å². The van der Waals surface area contributed by atoms with Gasteiger partial charge in [-0.3, -0.25) is 4.79 Å². The van der Waals surface area contributed by atoms with Crippen LogP contribution in [0.5, 0.6) is 0 Å². The first-order valence-corrected chi connectivity index (χ1v) is 7.92. The van der Waals surface area contributed by atoms with Gasteiger partial charge in [0.1, 0.15) is 6.10 Å². The molecule has 4 N–H and O–H groups in total. The van der Waals surface area contributed by atoms with Gasteiger partial charge in [-0.2, -0.15) is 0 Å². The zero-order chi connectivity index (χ0) is 15.1. The number of benzene rings is 1. The molecule has 0 aliphatic heterocycles. The quantitative estimate of drug-likeness (QED) is 0.748. The van der Waals surface area contributed by atoms with Crippen LogP contribution in [0.25, 0.3) is 0 Å². The van der Waals surface area contributed by atoms with Crippen LogP contribution in [0.4, 0.5) is 0 Å². The molecular formula is C17H27ClN2O2. The zero-order valence-corrected chi connectivity index (χ0v) is 13.7. The fraction of sp³-hybridized carbons (Fsp3) is 0.588. The van der Waals surface area contributed by atoms with Gasteiger partial charge in [0, 0.05) is 12.6 Å². The summed E-state index contributed by atoms with van der Waals surface area (Å²) < 4.78 is 0. The van der Waals surface area contributed by atoms with Crippen molar-refractivity contribution in [2.75, 3.05) is 6.54 Å². The van der Waals surface area contributed by atoms with E-state index in [1.165, 1.54) is 32.1 Å². The van der Waals surface area contributed by atoms with Crippen LogP contribution in [0.2, 0.25) is 0 Å². The van der Waals surface area contributed by atoms with Gasteiger partial charge in [-0.25, -0.2) is 0 Å². The molecule has 1 unspecified atom stereocenters. The third-order valence-corrected chi connectivity index (χ3v) is 4.28. The highest BCUT2D eigenvalue weighted by Gasteiger charge is 2.24. The van der Waals surface area contributed by atoms with Crippen molar-refractivity contribution in [3.8, 4) is 0 Å². The van der Waals surface area contributed by atoms with Crippen LogP contribution < -0.4 is 11.1 Å². The number of aliphatic hydroxyl groups excluding tert-OH is 1. The molecule has 1 aromatic carbocycles. The molecule has 0 aromatic heterocycles. The van der Waals surface area contributed by atoms with Crippen LogP contribution in [0.15, 0.2) is 30.3 Å². The highest BCUT2D eigenvalue weighted by atomic mass is 35.5. The molecule has 0 radical (unpaired) electrons. The molecule has 1 amide bonds. The molecule has 1 aliphatic rings. The van der Waals surface area contributed by atoms with Crippen molar-refractivity contribution < 1.29 is 9.90 Å². The maximum Gasteiger partial charge on any atom is 0.250 e. The van der Waals surface area contributed by atoms with E-state index < -0.39 is 12.1 Å². The van der Waals surface area contributed by atoms with Crippen LogP contribution in [0.1, 0.15) is 37.7 Å². The van der Waals surface area contributed by atoms with Crippen molar-refractivity contribution in [2.24, 2.45) is 11.7 Å². The summed E-state index contributed by atoms with van der Waals surface area (Å²) in [6, 6.07) is 9.12. The zero-order valence-electron chi connectivity index (χ0n) is 12.9. The number of aliphatic hydroxyl groups is 1. The van der Waals surface area contributed by atoms with Gasteiger partial charge >= 0.3 is 0 Å². The van der Waals surface area contributed by atoms with E-state index in [0.717, 1.165) is 5.56 Å². The Morgan fingerprint density at radius 1 is 1.23 bits per heavy atom. The maximum atomic E-state index is 12.0. The average molecular weight is 327 g/mol. The molecule has 5 heteroatoms. The van der Waals surface area contributed by atoms with E-state index in [9.17, 15) is 9.90 Å². The molecule has 2 atom stereocenters. The van der Waals surface area contributed by atoms with Crippen LogP contribution in [-0.2, 0) is 11.2 Å². The van der Waals surface area contributed by atoms with Crippen LogP contribution in [0, 0.1) is 5.92 Å². The van der Waals surface area contributed by atoms with Crippen LogP contribution >= 0.6 is 12.4 Å². The normalized spacial score (nSPS) is 18.1. The number of rotatable bonds is 6. The minimum Gasteiger partial charge on any atom is -0.382 e. The summed E-state index contributed by atoms with van der Waals surface area (Å²) in [4.78, 5) is 12.0. The Labute approximate surface area is 138 Å². The van der Waals surface area contributed by atoms with Gasteiger partial charge < -0.3 is 16.2 Å². The molecule has 1 aliphatic carbocycles. The van der Waals surface area contributed by atoms with Crippen molar-refractivity contribution >= 4 is 18.3 Å². The van der Waals surface area contributed by atoms with E-state index in [1.54, 1.807) is 0 Å². The van der Waals surface area contributed by atoms with E-state index in [1.807, 2.05) is 30.3 Å². The lowest BCUT2D eigenvalue weighted by atomic mass is 9.89. The Kier molecular flexibility index (Phi) is 8.46. The average Bonchev–Trinajstić information content (AvgIpc) is 2.53. The lowest BCUT2D eigenvalue weighted by Gasteiger charge is -2.23. The third-order valence-electron chi connectivity index (χ3n) is 4.28. The summed E-state index contributed by atoms with van der Waals surface area (Å²) >= 11 is 0. The summed E-state index contributed by atoms with van der Waals surface area (Å²) in [5, 5.41) is 12.9. The van der Waals surface area contributed by atoms with Crippen LogP contribution in [-0.4, -0.2) is 29.7 Å². The molecule has 22 heavy (non-hydrogen) atoms. The topological polar surface area (TPSA) is 75.3 Å². The number of amides is 1. The number of halogens is 1. The molecule has 0 heterocycles. The van der Waals surface area contributed by atoms with Gasteiger partial charge in [0.15, 0.2) is 0 Å². The molecule has 124 valence electrons. The minimum absolute atomic E-state index is 0. The predicted molar refractivity (Wildman–Crippen MR) is 91.0 cm³/mol. The second-order valence-electron chi connectivity index (χ2n) is 6.05. The van der Waals surface area contributed by atoms with Gasteiger partial charge in [-0.05, 0) is 30.7 Å². The summed E-state index contributed by atoms with van der Waals surface area (Å²) in [6.07, 6.45) is 5.49. The van der Waals surface area contributed by atoms with Crippen molar-refractivity contribution in [1.82, 2.24) is 5.32 Å². The Bertz CT molecular complexity index is 436. The molecule has 1 fully saturated rings. The summed E-state index contributed by atoms with van der Waals surface area (Å²) in [5.41, 5.74) is 6.98. The SMILES string of the molecule is Cl.N[C@@H](Cc1ccccc1)C(O)C(=O)NCC1CCCCC1. The predicted octanol–water partition coefficient (Wildman–Crippen LogP) is 2.04. The number of nitrogens with one attached hydrogen (secondary N) is 1. The highest BCUT2D eigenvalue weighted by Crippen LogP contribution is 2.22. The van der Waals surface area contributed by atoms with Crippen molar-refractivity contribution in [2.45, 2.75) is 50.7 Å². The van der Waals surface area contributed by atoms with E-state index in [0.29, 0.717) is 18.9 Å². The molecular weight excluding hydrogens is 300 g/mol. The van der Waals surface area contributed by atoms with E-state index in [4.69, 9.17) is 5.73 Å². The standard InChI is InChI=1S/C17H26N2O2.ClH/c18-15(11-13-7-3-1-4-8-13)16(20)17(21)19-12-14-9-5-2-6-10-14;/h1,3-4,7-8,14-16,20H,2,5-6,9-12,18H2,(H,19,21);1H/t15-,16?;/m0./s1. The van der Waals surface area contributed by atoms with Gasteiger partial charge in [-0.15, -0.1) is 12.4 Å². The Morgan fingerprint density at radius 3 is 2.50 bits per heavy atom. The van der Waals surface area contributed by atoms with Crippen molar-refractivity contribution in [3.63, 3.8) is 0 Å². The summed E-state index contributed by atoms with van der Waals surface area (Å²) in [7, 11) is 0. The second-order valence-corrected chi connectivity index (χ2v) is 6.05. The number of hydrogen-bond acceptors (Lipinski definition) is 3. The molecule has 2 rings (SSSR count). The Morgan fingerprint density at radius 2 is 1.86 bits per heavy atom. The maximum absolute atomic E-state index is 12.0. The van der Waals surface area contributed by atoms with E-state index in [-0.39, 0.29) is 18.3 Å². The highest BCUT2D eigenvalue weighted by molar-refractivity contribution is 5.85. The van der Waals surface area contributed by atoms with E-state index >= 15 is 0 Å². The molecule has 0 spiro atoms. The lowest BCUT2D eigenvalue weighted by Crippen LogP contribution is -2.48. The Hall–Kier alpha value is -1.10. The minimum atomic E-state index is -1.14. The first-order valence-electron chi connectivity index (χ1n) is 7.92. The number of nitrogens with two attached hydrogens (primary N) is 1. The number of hydrogen-bond donors (Lipinski definition) is 3. The molecule has 1 aromatic rings. The first-order chi connectivity index (χ1) is 10.2.